The van der Waals surface area contributed by atoms with Gasteiger partial charge in [-0.15, -0.1) is 0 Å². The summed E-state index contributed by atoms with van der Waals surface area (Å²) >= 11 is 0. The Morgan fingerprint density at radius 1 is 1.33 bits per heavy atom. The Morgan fingerprint density at radius 2 is 2.13 bits per heavy atom. The minimum Gasteiger partial charge on any atom is -0.383 e. The van der Waals surface area contributed by atoms with Crippen LogP contribution >= 0.6 is 0 Å². The normalized spacial score (nSPS) is 10.5. The molecule has 0 saturated carbocycles. The molecule has 0 aliphatic heterocycles. The summed E-state index contributed by atoms with van der Waals surface area (Å²) in [5.74, 6) is 2.28. The van der Waals surface area contributed by atoms with Crippen molar-refractivity contribution >= 4 is 5.82 Å². The van der Waals surface area contributed by atoms with Crippen molar-refractivity contribution in [2.45, 2.75) is 20.3 Å². The first kappa shape index (κ1) is 9.64. The van der Waals surface area contributed by atoms with Crippen molar-refractivity contribution in [3.05, 3.63) is 30.1 Å². The topological polar surface area (TPSA) is 69.6 Å². The molecule has 15 heavy (non-hydrogen) atoms. The Hall–Kier alpha value is -1.91. The monoisotopic (exact) mass is 203 g/mol. The lowest BCUT2D eigenvalue weighted by Crippen LogP contribution is -2.07. The molecule has 2 aromatic rings. The first-order valence-corrected chi connectivity index (χ1v) is 4.83. The molecular weight excluding hydrogens is 190 g/mol. The van der Waals surface area contributed by atoms with E-state index in [0.717, 1.165) is 23.6 Å². The van der Waals surface area contributed by atoms with Gasteiger partial charge in [-0.2, -0.15) is 0 Å². The van der Waals surface area contributed by atoms with Crippen LogP contribution in [0.5, 0.6) is 0 Å². The van der Waals surface area contributed by atoms with Crippen molar-refractivity contribution in [2.75, 3.05) is 5.73 Å². The Morgan fingerprint density at radius 3 is 2.87 bits per heavy atom. The predicted molar refractivity (Wildman–Crippen MR) is 57.7 cm³/mol. The van der Waals surface area contributed by atoms with Crippen molar-refractivity contribution in [3.8, 4) is 5.82 Å². The Bertz CT molecular complexity index is 474. The zero-order valence-corrected chi connectivity index (χ0v) is 8.81. The fraction of sp³-hybridized carbons (Fsp3) is 0.300. The largest absolute Gasteiger partial charge is 0.383 e. The van der Waals surface area contributed by atoms with Gasteiger partial charge in [-0.1, -0.05) is 6.92 Å². The summed E-state index contributed by atoms with van der Waals surface area (Å²) in [4.78, 5) is 12.4. The molecule has 78 valence electrons. The Kier molecular flexibility index (Phi) is 2.37. The van der Waals surface area contributed by atoms with Crippen molar-refractivity contribution < 1.29 is 0 Å². The number of rotatable bonds is 2. The molecule has 0 radical (unpaired) electrons. The number of nitrogen functional groups attached to an aromatic ring is 1. The molecule has 2 aromatic heterocycles. The molecule has 0 bridgehead atoms. The van der Waals surface area contributed by atoms with E-state index in [1.807, 2.05) is 17.7 Å². The van der Waals surface area contributed by atoms with Crippen molar-refractivity contribution in [2.24, 2.45) is 0 Å². The lowest BCUT2D eigenvalue weighted by molar-refractivity contribution is 0.854. The van der Waals surface area contributed by atoms with Crippen LogP contribution < -0.4 is 5.73 Å². The molecule has 0 fully saturated rings. The van der Waals surface area contributed by atoms with Gasteiger partial charge in [-0.3, -0.25) is 4.57 Å². The molecule has 2 rings (SSSR count). The highest BCUT2D eigenvalue weighted by Crippen LogP contribution is 2.16. The number of aromatic nitrogens is 4. The van der Waals surface area contributed by atoms with E-state index in [0.29, 0.717) is 5.82 Å². The maximum absolute atomic E-state index is 5.73. The van der Waals surface area contributed by atoms with Crippen LogP contribution in [0.15, 0.2) is 18.7 Å². The summed E-state index contributed by atoms with van der Waals surface area (Å²) in [6, 6.07) is 0. The molecule has 0 amide bonds. The molecular formula is C10H13N5. The van der Waals surface area contributed by atoms with Crippen LogP contribution in [0.3, 0.4) is 0 Å². The van der Waals surface area contributed by atoms with Gasteiger partial charge in [0.1, 0.15) is 23.8 Å². The fourth-order valence-corrected chi connectivity index (χ4v) is 1.49. The maximum Gasteiger partial charge on any atom is 0.146 e. The average molecular weight is 203 g/mol. The van der Waals surface area contributed by atoms with Gasteiger partial charge in [0.25, 0.3) is 0 Å². The molecule has 0 aliphatic carbocycles. The van der Waals surface area contributed by atoms with E-state index in [4.69, 9.17) is 5.73 Å². The highest BCUT2D eigenvalue weighted by Gasteiger charge is 2.09. The number of nitrogens with two attached hydrogens (primary N) is 1. The van der Waals surface area contributed by atoms with Crippen molar-refractivity contribution in [1.82, 2.24) is 19.5 Å². The van der Waals surface area contributed by atoms with Gasteiger partial charge in [0, 0.05) is 24.4 Å². The van der Waals surface area contributed by atoms with Crippen LogP contribution in [-0.4, -0.2) is 19.5 Å². The van der Waals surface area contributed by atoms with E-state index in [1.54, 1.807) is 6.20 Å². The Labute approximate surface area is 88.0 Å². The van der Waals surface area contributed by atoms with Crippen LogP contribution in [0, 0.1) is 6.92 Å². The van der Waals surface area contributed by atoms with Gasteiger partial charge < -0.3 is 5.73 Å². The quantitative estimate of drug-likeness (QED) is 0.793. The first-order valence-electron chi connectivity index (χ1n) is 4.83. The molecule has 2 N–H and O–H groups in total. The summed E-state index contributed by atoms with van der Waals surface area (Å²) in [6.45, 7) is 3.96. The lowest BCUT2D eigenvalue weighted by atomic mass is 10.3. The second kappa shape index (κ2) is 3.68. The minimum atomic E-state index is 0.510. The number of imidazole rings is 1. The molecule has 0 aliphatic rings. The van der Waals surface area contributed by atoms with Gasteiger partial charge >= 0.3 is 0 Å². The number of anilines is 1. The number of hydrogen-bond donors (Lipinski definition) is 1. The lowest BCUT2D eigenvalue weighted by Gasteiger charge is -2.09. The van der Waals surface area contributed by atoms with Crippen LogP contribution in [0.25, 0.3) is 5.82 Å². The van der Waals surface area contributed by atoms with E-state index in [2.05, 4.69) is 21.9 Å². The SMILES string of the molecule is CCc1nccn1-c1ncnc(N)c1C. The van der Waals surface area contributed by atoms with Gasteiger partial charge in [0.2, 0.25) is 0 Å². The van der Waals surface area contributed by atoms with Gasteiger partial charge in [-0.25, -0.2) is 15.0 Å². The van der Waals surface area contributed by atoms with E-state index in [-0.39, 0.29) is 0 Å². The minimum absolute atomic E-state index is 0.510. The summed E-state index contributed by atoms with van der Waals surface area (Å²) in [5.41, 5.74) is 6.61. The Balaban J connectivity index is 2.59. The highest BCUT2D eigenvalue weighted by atomic mass is 15.1. The molecule has 0 unspecified atom stereocenters. The smallest absolute Gasteiger partial charge is 0.146 e. The van der Waals surface area contributed by atoms with Crippen LogP contribution in [0.4, 0.5) is 5.82 Å². The number of aryl methyl sites for hydroxylation is 1. The third-order valence-electron chi connectivity index (χ3n) is 2.36. The zero-order chi connectivity index (χ0) is 10.8. The van der Waals surface area contributed by atoms with Gasteiger partial charge in [0.15, 0.2) is 0 Å². The third kappa shape index (κ3) is 1.56. The van der Waals surface area contributed by atoms with Gasteiger partial charge in [0.05, 0.1) is 0 Å². The summed E-state index contributed by atoms with van der Waals surface area (Å²) in [7, 11) is 0. The van der Waals surface area contributed by atoms with Gasteiger partial charge in [-0.05, 0) is 6.92 Å². The second-order valence-corrected chi connectivity index (χ2v) is 3.27. The molecule has 0 spiro atoms. The summed E-state index contributed by atoms with van der Waals surface area (Å²) < 4.78 is 1.94. The zero-order valence-electron chi connectivity index (χ0n) is 8.81. The van der Waals surface area contributed by atoms with E-state index >= 15 is 0 Å². The summed E-state index contributed by atoms with van der Waals surface area (Å²) in [6.07, 6.45) is 5.97. The third-order valence-corrected chi connectivity index (χ3v) is 2.36. The van der Waals surface area contributed by atoms with E-state index in [9.17, 15) is 0 Å². The highest BCUT2D eigenvalue weighted by molar-refractivity contribution is 5.47. The fourth-order valence-electron chi connectivity index (χ4n) is 1.49. The standard InChI is InChI=1S/C10H13N5/c1-3-8-12-4-5-15(8)10-7(2)9(11)13-6-14-10/h4-6H,3H2,1-2H3,(H2,11,13,14). The average Bonchev–Trinajstić information content (AvgIpc) is 2.70. The predicted octanol–water partition coefficient (Wildman–Crippen LogP) is 1.12. The molecule has 2 heterocycles. The van der Waals surface area contributed by atoms with E-state index in [1.165, 1.54) is 6.33 Å². The second-order valence-electron chi connectivity index (χ2n) is 3.27. The molecule has 0 saturated heterocycles. The first-order chi connectivity index (χ1) is 7.24. The number of nitrogens with zero attached hydrogens (tertiary/aromatic N) is 4. The van der Waals surface area contributed by atoms with Crippen molar-refractivity contribution in [1.29, 1.82) is 0 Å². The van der Waals surface area contributed by atoms with E-state index < -0.39 is 0 Å². The number of hydrogen-bond acceptors (Lipinski definition) is 4. The van der Waals surface area contributed by atoms with Crippen LogP contribution in [0.1, 0.15) is 18.3 Å². The van der Waals surface area contributed by atoms with Crippen LogP contribution in [-0.2, 0) is 6.42 Å². The summed E-state index contributed by atoms with van der Waals surface area (Å²) in [5, 5.41) is 0. The van der Waals surface area contributed by atoms with Crippen LogP contribution in [0.2, 0.25) is 0 Å². The molecule has 0 aromatic carbocycles. The van der Waals surface area contributed by atoms with Crippen molar-refractivity contribution in [3.63, 3.8) is 0 Å². The maximum atomic E-state index is 5.73. The molecule has 5 nitrogen and oxygen atoms in total. The molecule has 5 heteroatoms. The molecule has 0 atom stereocenters.